The fourth-order valence-electron chi connectivity index (χ4n) is 1.25. The predicted octanol–water partition coefficient (Wildman–Crippen LogP) is 2.36. The van der Waals surface area contributed by atoms with Crippen LogP contribution in [-0.2, 0) is 11.3 Å². The summed E-state index contributed by atoms with van der Waals surface area (Å²) in [6.07, 6.45) is 0.0513. The van der Waals surface area contributed by atoms with Crippen LogP contribution in [-0.4, -0.2) is 24.4 Å². The standard InChI is InChI=1S/C14H19NO3S/c1-11(2)10-18-14(17)15-9-13-12(6-8-19-13)5-3-4-7-16/h6,8,11,16H,4,7,9-10H2,1-2H3,(H,15,17). The first-order valence-electron chi connectivity index (χ1n) is 6.20. The molecule has 1 aromatic heterocycles. The molecule has 0 aliphatic rings. The van der Waals surface area contributed by atoms with Crippen molar-refractivity contribution < 1.29 is 14.6 Å². The highest BCUT2D eigenvalue weighted by Gasteiger charge is 2.06. The van der Waals surface area contributed by atoms with E-state index in [9.17, 15) is 4.79 Å². The van der Waals surface area contributed by atoms with Gasteiger partial charge in [-0.05, 0) is 17.4 Å². The van der Waals surface area contributed by atoms with Crippen LogP contribution in [0.2, 0.25) is 0 Å². The van der Waals surface area contributed by atoms with Gasteiger partial charge in [-0.1, -0.05) is 25.7 Å². The summed E-state index contributed by atoms with van der Waals surface area (Å²) in [5.41, 5.74) is 0.891. The normalized spacial score (nSPS) is 9.89. The molecule has 104 valence electrons. The Bertz CT molecular complexity index is 457. The molecule has 4 nitrogen and oxygen atoms in total. The van der Waals surface area contributed by atoms with Crippen LogP contribution < -0.4 is 5.32 Å². The Hall–Kier alpha value is -1.51. The molecule has 0 saturated heterocycles. The molecular formula is C14H19NO3S. The van der Waals surface area contributed by atoms with Crippen LogP contribution in [0.25, 0.3) is 0 Å². The summed E-state index contributed by atoms with van der Waals surface area (Å²) in [7, 11) is 0. The van der Waals surface area contributed by atoms with Crippen LogP contribution in [0.5, 0.6) is 0 Å². The highest BCUT2D eigenvalue weighted by Crippen LogP contribution is 2.15. The second-order valence-corrected chi connectivity index (χ2v) is 5.38. The number of amides is 1. The number of alkyl carbamates (subject to hydrolysis) is 1. The Morgan fingerprint density at radius 2 is 2.37 bits per heavy atom. The van der Waals surface area contributed by atoms with Crippen LogP contribution in [0.15, 0.2) is 11.4 Å². The van der Waals surface area contributed by atoms with Crippen molar-refractivity contribution in [3.05, 3.63) is 21.9 Å². The van der Waals surface area contributed by atoms with Crippen molar-refractivity contribution in [3.63, 3.8) is 0 Å². The number of nitrogens with one attached hydrogen (secondary N) is 1. The molecule has 0 aliphatic carbocycles. The lowest BCUT2D eigenvalue weighted by atomic mass is 10.2. The quantitative estimate of drug-likeness (QED) is 0.815. The fourth-order valence-corrected chi connectivity index (χ4v) is 2.02. The Balaban J connectivity index is 2.43. The van der Waals surface area contributed by atoms with Crippen LogP contribution in [0.4, 0.5) is 4.79 Å². The van der Waals surface area contributed by atoms with Crippen LogP contribution in [0.1, 0.15) is 30.7 Å². The maximum absolute atomic E-state index is 11.4. The largest absolute Gasteiger partial charge is 0.449 e. The van der Waals surface area contributed by atoms with Gasteiger partial charge in [-0.25, -0.2) is 4.79 Å². The third-order valence-electron chi connectivity index (χ3n) is 2.15. The number of ether oxygens (including phenoxy) is 1. The molecule has 0 spiro atoms. The minimum atomic E-state index is -0.406. The summed E-state index contributed by atoms with van der Waals surface area (Å²) in [6, 6.07) is 1.91. The number of aliphatic hydroxyl groups excluding tert-OH is 1. The smallest absolute Gasteiger partial charge is 0.407 e. The first kappa shape index (κ1) is 15.5. The molecule has 0 aliphatic heterocycles. The van der Waals surface area contributed by atoms with Crippen molar-refractivity contribution in [2.45, 2.75) is 26.8 Å². The molecule has 5 heteroatoms. The molecule has 0 atom stereocenters. The second kappa shape index (κ2) is 8.57. The number of aliphatic hydroxyl groups is 1. The van der Waals surface area contributed by atoms with Gasteiger partial charge in [0.25, 0.3) is 0 Å². The molecule has 0 unspecified atom stereocenters. The van der Waals surface area contributed by atoms with Crippen molar-refractivity contribution in [3.8, 4) is 11.8 Å². The maximum atomic E-state index is 11.4. The van der Waals surface area contributed by atoms with Crippen LogP contribution in [0, 0.1) is 17.8 Å². The summed E-state index contributed by atoms with van der Waals surface area (Å²) in [5.74, 6) is 6.17. The van der Waals surface area contributed by atoms with E-state index < -0.39 is 6.09 Å². The number of carbonyl (C=O) groups is 1. The van der Waals surface area contributed by atoms with E-state index in [1.807, 2.05) is 25.3 Å². The van der Waals surface area contributed by atoms with Gasteiger partial charge in [0.1, 0.15) is 0 Å². The summed E-state index contributed by atoms with van der Waals surface area (Å²) in [6.45, 7) is 4.87. The van der Waals surface area contributed by atoms with E-state index in [0.717, 1.165) is 10.4 Å². The van der Waals surface area contributed by atoms with Gasteiger partial charge >= 0.3 is 6.09 Å². The summed E-state index contributed by atoms with van der Waals surface area (Å²) in [4.78, 5) is 12.4. The Labute approximate surface area is 117 Å². The van der Waals surface area contributed by atoms with E-state index >= 15 is 0 Å². The van der Waals surface area contributed by atoms with Gasteiger partial charge in [-0.3, -0.25) is 0 Å². The third kappa shape index (κ3) is 6.27. The van der Waals surface area contributed by atoms with E-state index in [4.69, 9.17) is 9.84 Å². The monoisotopic (exact) mass is 281 g/mol. The molecule has 19 heavy (non-hydrogen) atoms. The zero-order valence-corrected chi connectivity index (χ0v) is 12.0. The fraction of sp³-hybridized carbons (Fsp3) is 0.500. The Kier molecular flexibility index (Phi) is 7.01. The minimum Gasteiger partial charge on any atom is -0.449 e. The molecule has 1 heterocycles. The first-order chi connectivity index (χ1) is 9.13. The molecule has 0 radical (unpaired) electrons. The van der Waals surface area contributed by atoms with E-state index in [-0.39, 0.29) is 6.61 Å². The molecule has 0 bridgehead atoms. The average molecular weight is 281 g/mol. The number of thiophene rings is 1. The van der Waals surface area contributed by atoms with Gasteiger partial charge in [-0.15, -0.1) is 11.3 Å². The minimum absolute atomic E-state index is 0.0618. The molecule has 2 N–H and O–H groups in total. The first-order valence-corrected chi connectivity index (χ1v) is 7.08. The van der Waals surface area contributed by atoms with Crippen molar-refractivity contribution in [2.24, 2.45) is 5.92 Å². The van der Waals surface area contributed by atoms with Gasteiger partial charge < -0.3 is 15.2 Å². The molecule has 1 aromatic rings. The molecule has 1 rings (SSSR count). The number of hydrogen-bond donors (Lipinski definition) is 2. The van der Waals surface area contributed by atoms with E-state index in [0.29, 0.717) is 25.5 Å². The molecule has 1 amide bonds. The van der Waals surface area contributed by atoms with Crippen molar-refractivity contribution in [2.75, 3.05) is 13.2 Å². The topological polar surface area (TPSA) is 58.6 Å². The Morgan fingerprint density at radius 1 is 1.58 bits per heavy atom. The van der Waals surface area contributed by atoms with Gasteiger partial charge in [0.15, 0.2) is 0 Å². The highest BCUT2D eigenvalue weighted by molar-refractivity contribution is 7.10. The number of hydrogen-bond acceptors (Lipinski definition) is 4. The molecule has 0 saturated carbocycles. The molecular weight excluding hydrogens is 262 g/mol. The molecule has 0 aromatic carbocycles. The van der Waals surface area contributed by atoms with Crippen molar-refractivity contribution in [1.82, 2.24) is 5.32 Å². The van der Waals surface area contributed by atoms with Gasteiger partial charge in [0.2, 0.25) is 0 Å². The lowest BCUT2D eigenvalue weighted by Crippen LogP contribution is -2.25. The van der Waals surface area contributed by atoms with Gasteiger partial charge in [-0.2, -0.15) is 0 Å². The number of rotatable bonds is 5. The van der Waals surface area contributed by atoms with E-state index in [1.165, 1.54) is 11.3 Å². The van der Waals surface area contributed by atoms with E-state index in [1.54, 1.807) is 0 Å². The summed E-state index contributed by atoms with van der Waals surface area (Å²) >= 11 is 1.54. The summed E-state index contributed by atoms with van der Waals surface area (Å²) in [5, 5.41) is 13.3. The Morgan fingerprint density at radius 3 is 3.05 bits per heavy atom. The lowest BCUT2D eigenvalue weighted by molar-refractivity contribution is 0.132. The van der Waals surface area contributed by atoms with Crippen molar-refractivity contribution in [1.29, 1.82) is 0 Å². The van der Waals surface area contributed by atoms with Crippen LogP contribution >= 0.6 is 11.3 Å². The number of carbonyl (C=O) groups excluding carboxylic acids is 1. The molecule has 0 fully saturated rings. The maximum Gasteiger partial charge on any atom is 0.407 e. The SMILES string of the molecule is CC(C)COC(=O)NCc1sccc1C#CCCO. The van der Waals surface area contributed by atoms with Crippen LogP contribution in [0.3, 0.4) is 0 Å². The summed E-state index contributed by atoms with van der Waals surface area (Å²) < 4.78 is 5.03. The van der Waals surface area contributed by atoms with Crippen molar-refractivity contribution >= 4 is 17.4 Å². The second-order valence-electron chi connectivity index (χ2n) is 4.38. The lowest BCUT2D eigenvalue weighted by Gasteiger charge is -2.08. The zero-order chi connectivity index (χ0) is 14.1. The van der Waals surface area contributed by atoms with E-state index in [2.05, 4.69) is 17.2 Å². The van der Waals surface area contributed by atoms with Gasteiger partial charge in [0, 0.05) is 16.9 Å². The predicted molar refractivity (Wildman–Crippen MR) is 75.9 cm³/mol. The van der Waals surface area contributed by atoms with Gasteiger partial charge in [0.05, 0.1) is 19.8 Å². The highest BCUT2D eigenvalue weighted by atomic mass is 32.1. The zero-order valence-electron chi connectivity index (χ0n) is 11.2. The third-order valence-corrected chi connectivity index (χ3v) is 3.07. The average Bonchev–Trinajstić information content (AvgIpc) is 2.82.